The first-order chi connectivity index (χ1) is 30.5. The van der Waals surface area contributed by atoms with Gasteiger partial charge < -0.3 is 20.3 Å². The van der Waals surface area contributed by atoms with Gasteiger partial charge in [0.2, 0.25) is 5.91 Å². The standard InChI is InChI=1S/C56H107NO5/c1-3-5-7-9-11-13-15-17-19-20-21-22-23-24-25-28-32-36-40-44-48-54(59)53(52-58)57-55(60)49-45-41-37-33-29-27-31-35-39-43-47-51-62-56(61)50-46-42-38-34-30-26-18-16-14-12-10-8-6-4-2/h10,12,16,18,53-54,58-59H,3-9,11,13-15,17,19-52H2,1-2H3,(H,57,60)/b12-10-,18-16-. The summed E-state index contributed by atoms with van der Waals surface area (Å²) >= 11 is 0. The molecule has 6 nitrogen and oxygen atoms in total. The van der Waals surface area contributed by atoms with E-state index in [4.69, 9.17) is 4.74 Å². The molecule has 0 bridgehead atoms. The number of carbonyl (C=O) groups excluding carboxylic acids is 2. The summed E-state index contributed by atoms with van der Waals surface area (Å²) in [5.41, 5.74) is 0. The lowest BCUT2D eigenvalue weighted by Gasteiger charge is -2.22. The van der Waals surface area contributed by atoms with Gasteiger partial charge in [-0.1, -0.05) is 256 Å². The minimum absolute atomic E-state index is 0.0277. The Balaban J connectivity index is 3.48. The molecule has 1 amide bonds. The zero-order chi connectivity index (χ0) is 45.1. The first kappa shape index (κ1) is 60.3. The fourth-order valence-electron chi connectivity index (χ4n) is 8.48. The van der Waals surface area contributed by atoms with Crippen LogP contribution in [-0.2, 0) is 14.3 Å². The first-order valence-corrected chi connectivity index (χ1v) is 27.6. The maximum atomic E-state index is 12.5. The van der Waals surface area contributed by atoms with E-state index in [0.29, 0.717) is 25.9 Å². The van der Waals surface area contributed by atoms with Crippen molar-refractivity contribution in [2.75, 3.05) is 13.2 Å². The van der Waals surface area contributed by atoms with Crippen molar-refractivity contribution in [2.24, 2.45) is 0 Å². The minimum atomic E-state index is -0.678. The SMILES string of the molecule is CCCC/C=C\C/C=C\CCCCCCCC(=O)OCCCCCCCCCCCCCC(=O)NC(CO)C(O)CCCCCCCCCCCCCCCCCCCCCC. The van der Waals surface area contributed by atoms with Crippen LogP contribution in [0.4, 0.5) is 0 Å². The van der Waals surface area contributed by atoms with Crippen LogP contribution in [0.25, 0.3) is 0 Å². The summed E-state index contributed by atoms with van der Waals surface area (Å²) < 4.78 is 5.45. The molecule has 0 saturated heterocycles. The Kier molecular flexibility index (Phi) is 50.6. The van der Waals surface area contributed by atoms with Gasteiger partial charge in [-0.25, -0.2) is 0 Å². The molecule has 0 aliphatic rings. The molecule has 2 unspecified atom stereocenters. The maximum absolute atomic E-state index is 12.5. The summed E-state index contributed by atoms with van der Waals surface area (Å²) in [6.45, 7) is 4.88. The van der Waals surface area contributed by atoms with Gasteiger partial charge in [0.1, 0.15) is 0 Å². The van der Waals surface area contributed by atoms with Crippen LogP contribution < -0.4 is 5.32 Å². The fourth-order valence-corrected chi connectivity index (χ4v) is 8.48. The summed E-state index contributed by atoms with van der Waals surface area (Å²) in [7, 11) is 0. The number of carbonyl (C=O) groups is 2. The van der Waals surface area contributed by atoms with Crippen molar-refractivity contribution in [2.45, 2.75) is 309 Å². The molecule has 0 heterocycles. The van der Waals surface area contributed by atoms with Crippen molar-refractivity contribution in [1.29, 1.82) is 0 Å². The van der Waals surface area contributed by atoms with Crippen LogP contribution in [0.2, 0.25) is 0 Å². The molecule has 0 aromatic rings. The lowest BCUT2D eigenvalue weighted by Crippen LogP contribution is -2.45. The highest BCUT2D eigenvalue weighted by Crippen LogP contribution is 2.17. The van der Waals surface area contributed by atoms with E-state index >= 15 is 0 Å². The van der Waals surface area contributed by atoms with E-state index in [2.05, 4.69) is 43.5 Å². The molecule has 0 fully saturated rings. The first-order valence-electron chi connectivity index (χ1n) is 27.6. The van der Waals surface area contributed by atoms with Crippen molar-refractivity contribution >= 4 is 11.9 Å². The average Bonchev–Trinajstić information content (AvgIpc) is 3.27. The molecule has 0 aliphatic heterocycles. The summed E-state index contributed by atoms with van der Waals surface area (Å²) in [6, 6.07) is -0.557. The third-order valence-corrected chi connectivity index (χ3v) is 12.8. The number of hydrogen-bond donors (Lipinski definition) is 3. The second-order valence-electron chi connectivity index (χ2n) is 18.9. The average molecular weight is 874 g/mol. The van der Waals surface area contributed by atoms with Crippen LogP contribution >= 0.6 is 0 Å². The summed E-state index contributed by atoms with van der Waals surface area (Å²) in [4.78, 5) is 24.5. The van der Waals surface area contributed by atoms with Crippen molar-refractivity contribution in [3.05, 3.63) is 24.3 Å². The Labute approximate surface area is 386 Å². The fraction of sp³-hybridized carbons (Fsp3) is 0.893. The Morgan fingerprint density at radius 1 is 0.452 bits per heavy atom. The van der Waals surface area contributed by atoms with Crippen LogP contribution in [0.3, 0.4) is 0 Å². The van der Waals surface area contributed by atoms with Gasteiger partial charge >= 0.3 is 5.97 Å². The third kappa shape index (κ3) is 47.8. The van der Waals surface area contributed by atoms with Crippen molar-refractivity contribution < 1.29 is 24.5 Å². The van der Waals surface area contributed by atoms with E-state index in [9.17, 15) is 19.8 Å². The Morgan fingerprint density at radius 3 is 1.27 bits per heavy atom. The minimum Gasteiger partial charge on any atom is -0.466 e. The van der Waals surface area contributed by atoms with Gasteiger partial charge in [0.15, 0.2) is 0 Å². The van der Waals surface area contributed by atoms with E-state index in [0.717, 1.165) is 70.6 Å². The number of ether oxygens (including phenoxy) is 1. The zero-order valence-corrected chi connectivity index (χ0v) is 41.6. The highest BCUT2D eigenvalue weighted by Gasteiger charge is 2.20. The number of aliphatic hydroxyl groups excluding tert-OH is 2. The lowest BCUT2D eigenvalue weighted by molar-refractivity contribution is -0.143. The number of rotatable bonds is 51. The summed E-state index contributed by atoms with van der Waals surface area (Å²) in [5, 5.41) is 23.3. The molecule has 3 N–H and O–H groups in total. The molecule has 0 rings (SSSR count). The zero-order valence-electron chi connectivity index (χ0n) is 41.6. The van der Waals surface area contributed by atoms with E-state index in [1.807, 2.05) is 0 Å². The molecule has 0 saturated carbocycles. The molecule has 0 aromatic carbocycles. The molecule has 2 atom stereocenters. The summed E-state index contributed by atoms with van der Waals surface area (Å²) in [5.74, 6) is -0.0803. The van der Waals surface area contributed by atoms with Crippen LogP contribution in [0, 0.1) is 0 Å². The number of hydrogen-bond acceptors (Lipinski definition) is 5. The third-order valence-electron chi connectivity index (χ3n) is 12.8. The molecular formula is C56H107NO5. The van der Waals surface area contributed by atoms with Crippen molar-refractivity contribution in [3.63, 3.8) is 0 Å². The summed E-state index contributed by atoms with van der Waals surface area (Å²) in [6.07, 6.45) is 61.5. The van der Waals surface area contributed by atoms with E-state index in [1.165, 1.54) is 193 Å². The topological polar surface area (TPSA) is 95.9 Å². The molecule has 0 spiro atoms. The van der Waals surface area contributed by atoms with Gasteiger partial charge in [-0.2, -0.15) is 0 Å². The number of amides is 1. The number of allylic oxidation sites excluding steroid dienone is 4. The number of unbranched alkanes of at least 4 members (excludes halogenated alkanes) is 36. The molecule has 62 heavy (non-hydrogen) atoms. The maximum Gasteiger partial charge on any atom is 0.305 e. The van der Waals surface area contributed by atoms with Crippen LogP contribution in [-0.4, -0.2) is 47.4 Å². The van der Waals surface area contributed by atoms with Gasteiger partial charge in [0.05, 0.1) is 25.4 Å². The Bertz CT molecular complexity index is 966. The molecular weight excluding hydrogens is 767 g/mol. The highest BCUT2D eigenvalue weighted by molar-refractivity contribution is 5.76. The second-order valence-corrected chi connectivity index (χ2v) is 18.9. The van der Waals surface area contributed by atoms with E-state index in [1.54, 1.807) is 0 Å². The lowest BCUT2D eigenvalue weighted by atomic mass is 10.0. The normalized spacial score (nSPS) is 12.8. The predicted molar refractivity (Wildman–Crippen MR) is 269 cm³/mol. The van der Waals surface area contributed by atoms with Gasteiger partial charge in [-0.15, -0.1) is 0 Å². The smallest absolute Gasteiger partial charge is 0.305 e. The van der Waals surface area contributed by atoms with Crippen molar-refractivity contribution in [1.82, 2.24) is 5.32 Å². The van der Waals surface area contributed by atoms with Gasteiger partial charge in [-0.3, -0.25) is 9.59 Å². The molecule has 6 heteroatoms. The predicted octanol–water partition coefficient (Wildman–Crippen LogP) is 16.7. The number of nitrogens with one attached hydrogen (secondary N) is 1. The second kappa shape index (κ2) is 52.0. The molecule has 0 aliphatic carbocycles. The number of aliphatic hydroxyl groups is 2. The van der Waals surface area contributed by atoms with Gasteiger partial charge in [0, 0.05) is 12.8 Å². The quantitative estimate of drug-likeness (QED) is 0.0321. The van der Waals surface area contributed by atoms with Gasteiger partial charge in [-0.05, 0) is 51.4 Å². The van der Waals surface area contributed by atoms with Crippen LogP contribution in [0.1, 0.15) is 296 Å². The Hall–Kier alpha value is -1.66. The molecule has 0 radical (unpaired) electrons. The largest absolute Gasteiger partial charge is 0.466 e. The van der Waals surface area contributed by atoms with E-state index < -0.39 is 12.1 Å². The van der Waals surface area contributed by atoms with Crippen molar-refractivity contribution in [3.8, 4) is 0 Å². The molecule has 0 aromatic heterocycles. The Morgan fingerprint density at radius 2 is 0.823 bits per heavy atom. The van der Waals surface area contributed by atoms with E-state index in [-0.39, 0.29) is 18.5 Å². The monoisotopic (exact) mass is 874 g/mol. The highest BCUT2D eigenvalue weighted by atomic mass is 16.5. The van der Waals surface area contributed by atoms with Gasteiger partial charge in [0.25, 0.3) is 0 Å². The molecule has 366 valence electrons. The number of esters is 1. The van der Waals surface area contributed by atoms with Crippen LogP contribution in [0.15, 0.2) is 24.3 Å². The van der Waals surface area contributed by atoms with Crippen LogP contribution in [0.5, 0.6) is 0 Å².